The van der Waals surface area contributed by atoms with E-state index in [0.29, 0.717) is 11.1 Å². The molecule has 13 heavy (non-hydrogen) atoms. The van der Waals surface area contributed by atoms with Gasteiger partial charge in [0.05, 0.1) is 0 Å². The molecule has 0 saturated carbocycles. The Hall–Kier alpha value is -1.07. The van der Waals surface area contributed by atoms with Crippen molar-refractivity contribution in [2.45, 2.75) is 18.7 Å². The van der Waals surface area contributed by atoms with Crippen LogP contribution in [0.3, 0.4) is 0 Å². The van der Waals surface area contributed by atoms with E-state index in [4.69, 9.17) is 4.55 Å². The zero-order valence-electron chi connectivity index (χ0n) is 7.27. The Kier molecular flexibility index (Phi) is 2.32. The molecule has 1 aromatic rings. The van der Waals surface area contributed by atoms with Crippen molar-refractivity contribution < 1.29 is 18.1 Å². The van der Waals surface area contributed by atoms with Crippen LogP contribution >= 0.6 is 0 Å². The minimum atomic E-state index is -4.34. The van der Waals surface area contributed by atoms with Gasteiger partial charge in [-0.25, -0.2) is 0 Å². The van der Waals surface area contributed by atoms with Crippen LogP contribution in [-0.2, 0) is 10.1 Å². The van der Waals surface area contributed by atoms with E-state index in [0.717, 1.165) is 0 Å². The van der Waals surface area contributed by atoms with Crippen molar-refractivity contribution in [1.29, 1.82) is 0 Å². The number of phenolic OH excluding ortho intramolecular Hbond substituents is 1. The van der Waals surface area contributed by atoms with Crippen molar-refractivity contribution in [3.05, 3.63) is 23.3 Å². The molecule has 0 aliphatic heterocycles. The summed E-state index contributed by atoms with van der Waals surface area (Å²) in [6.07, 6.45) is 0. The molecule has 0 spiro atoms. The number of hydrogen-bond acceptors (Lipinski definition) is 3. The molecule has 2 N–H and O–H groups in total. The van der Waals surface area contributed by atoms with Gasteiger partial charge in [-0.1, -0.05) is 6.07 Å². The van der Waals surface area contributed by atoms with Crippen LogP contribution in [0, 0.1) is 13.8 Å². The zero-order chi connectivity index (χ0) is 10.2. The molecule has 0 aromatic heterocycles. The van der Waals surface area contributed by atoms with E-state index >= 15 is 0 Å². The van der Waals surface area contributed by atoms with E-state index < -0.39 is 20.8 Å². The lowest BCUT2D eigenvalue weighted by molar-refractivity contribution is 0.441. The largest absolute Gasteiger partial charge is 0.506 e. The molecule has 1 aromatic carbocycles. The third-order valence-electron chi connectivity index (χ3n) is 1.91. The summed E-state index contributed by atoms with van der Waals surface area (Å²) in [4.78, 5) is -0.410. The monoisotopic (exact) mass is 202 g/mol. The molecular formula is C8H10O4S. The quantitative estimate of drug-likeness (QED) is 0.672. The second-order valence-electron chi connectivity index (χ2n) is 2.83. The highest BCUT2D eigenvalue weighted by molar-refractivity contribution is 7.86. The molecule has 0 unspecified atom stereocenters. The van der Waals surface area contributed by atoms with Crippen LogP contribution in [-0.4, -0.2) is 18.1 Å². The number of rotatable bonds is 1. The lowest BCUT2D eigenvalue weighted by Gasteiger charge is -2.07. The zero-order valence-corrected chi connectivity index (χ0v) is 8.09. The Morgan fingerprint density at radius 3 is 2.15 bits per heavy atom. The molecule has 0 heterocycles. The minimum Gasteiger partial charge on any atom is -0.506 e. The predicted molar refractivity (Wildman–Crippen MR) is 47.4 cm³/mol. The summed E-state index contributed by atoms with van der Waals surface area (Å²) in [5.41, 5.74) is 1.06. The van der Waals surface area contributed by atoms with Crippen molar-refractivity contribution in [3.8, 4) is 5.75 Å². The topological polar surface area (TPSA) is 74.6 Å². The molecule has 0 atom stereocenters. The minimum absolute atomic E-state index is 0.363. The summed E-state index contributed by atoms with van der Waals surface area (Å²) in [7, 11) is -4.34. The first-order valence-corrected chi connectivity index (χ1v) is 5.04. The molecule has 0 fully saturated rings. The van der Waals surface area contributed by atoms with Gasteiger partial charge in [-0.2, -0.15) is 8.42 Å². The van der Waals surface area contributed by atoms with E-state index in [1.165, 1.54) is 13.0 Å². The van der Waals surface area contributed by atoms with Gasteiger partial charge in [0.15, 0.2) is 0 Å². The maximum Gasteiger partial charge on any atom is 0.298 e. The summed E-state index contributed by atoms with van der Waals surface area (Å²) in [5, 5.41) is 9.21. The van der Waals surface area contributed by atoms with Crippen LogP contribution < -0.4 is 0 Å². The molecule has 72 valence electrons. The van der Waals surface area contributed by atoms with Gasteiger partial charge in [-0.05, 0) is 31.0 Å². The summed E-state index contributed by atoms with van der Waals surface area (Å²) in [6.45, 7) is 3.22. The Balaban J connectivity index is 3.62. The third-order valence-corrected chi connectivity index (χ3v) is 2.95. The molecule has 1 rings (SSSR count). The van der Waals surface area contributed by atoms with E-state index in [1.54, 1.807) is 13.0 Å². The number of benzene rings is 1. The molecule has 0 saturated heterocycles. The van der Waals surface area contributed by atoms with Crippen LogP contribution in [0.5, 0.6) is 5.75 Å². The lowest BCUT2D eigenvalue weighted by Crippen LogP contribution is -2.02. The van der Waals surface area contributed by atoms with Crippen molar-refractivity contribution in [1.82, 2.24) is 0 Å². The van der Waals surface area contributed by atoms with Gasteiger partial charge in [0.2, 0.25) is 0 Å². The number of hydrogen-bond donors (Lipinski definition) is 2. The van der Waals surface area contributed by atoms with E-state index in [2.05, 4.69) is 0 Å². The molecule has 0 aliphatic carbocycles. The van der Waals surface area contributed by atoms with Crippen LogP contribution in [0.1, 0.15) is 11.1 Å². The second kappa shape index (κ2) is 3.01. The van der Waals surface area contributed by atoms with Crippen molar-refractivity contribution in [2.75, 3.05) is 0 Å². The van der Waals surface area contributed by atoms with Crippen molar-refractivity contribution in [2.24, 2.45) is 0 Å². The molecule has 0 aliphatic rings. The van der Waals surface area contributed by atoms with Gasteiger partial charge in [0, 0.05) is 0 Å². The number of aryl methyl sites for hydroxylation is 1. The summed E-state index contributed by atoms with van der Waals surface area (Å²) >= 11 is 0. The number of phenols is 1. The molecule has 0 bridgehead atoms. The standard InChI is InChI=1S/C8H10O4S/c1-5-3-4-7(9)8(6(5)2)13(10,11)12/h3-4,9H,1-2H3,(H,10,11,12). The van der Waals surface area contributed by atoms with Crippen molar-refractivity contribution >= 4 is 10.1 Å². The van der Waals surface area contributed by atoms with Crippen molar-refractivity contribution in [3.63, 3.8) is 0 Å². The average molecular weight is 202 g/mol. The SMILES string of the molecule is Cc1ccc(O)c(S(=O)(=O)O)c1C. The summed E-state index contributed by atoms with van der Waals surface area (Å²) < 4.78 is 30.4. The predicted octanol–water partition coefficient (Wildman–Crippen LogP) is 1.26. The highest BCUT2D eigenvalue weighted by atomic mass is 32.2. The van der Waals surface area contributed by atoms with Gasteiger partial charge in [0.1, 0.15) is 10.6 Å². The molecule has 0 amide bonds. The van der Waals surface area contributed by atoms with Gasteiger partial charge >= 0.3 is 0 Å². The molecule has 0 radical (unpaired) electrons. The third kappa shape index (κ3) is 1.81. The number of aromatic hydroxyl groups is 1. The molecule has 4 nitrogen and oxygen atoms in total. The van der Waals surface area contributed by atoms with E-state index in [-0.39, 0.29) is 0 Å². The highest BCUT2D eigenvalue weighted by Gasteiger charge is 2.19. The maximum absolute atomic E-state index is 10.8. The van der Waals surface area contributed by atoms with Crippen LogP contribution in [0.15, 0.2) is 17.0 Å². The normalized spacial score (nSPS) is 11.6. The first-order valence-electron chi connectivity index (χ1n) is 3.60. The summed E-state index contributed by atoms with van der Waals surface area (Å²) in [5.74, 6) is -0.425. The van der Waals surface area contributed by atoms with Crippen LogP contribution in [0.4, 0.5) is 0 Å². The van der Waals surface area contributed by atoms with E-state index in [9.17, 15) is 13.5 Å². The highest BCUT2D eigenvalue weighted by Crippen LogP contribution is 2.27. The first-order chi connectivity index (χ1) is 5.84. The molecular weight excluding hydrogens is 192 g/mol. The summed E-state index contributed by atoms with van der Waals surface area (Å²) in [6, 6.07) is 2.82. The average Bonchev–Trinajstić information content (AvgIpc) is 1.95. The Morgan fingerprint density at radius 1 is 1.23 bits per heavy atom. The van der Waals surface area contributed by atoms with Gasteiger partial charge < -0.3 is 5.11 Å². The van der Waals surface area contributed by atoms with Gasteiger partial charge in [0.25, 0.3) is 10.1 Å². The lowest BCUT2D eigenvalue weighted by atomic mass is 10.1. The first kappa shape index (κ1) is 10.0. The maximum atomic E-state index is 10.8. The Labute approximate surface area is 76.6 Å². The van der Waals surface area contributed by atoms with E-state index in [1.807, 2.05) is 0 Å². The smallest absolute Gasteiger partial charge is 0.298 e. The van der Waals surface area contributed by atoms with Gasteiger partial charge in [-0.15, -0.1) is 0 Å². The fraction of sp³-hybridized carbons (Fsp3) is 0.250. The Bertz CT molecular complexity index is 434. The van der Waals surface area contributed by atoms with Gasteiger partial charge in [-0.3, -0.25) is 4.55 Å². The Morgan fingerprint density at radius 2 is 1.77 bits per heavy atom. The van der Waals surface area contributed by atoms with Crippen LogP contribution in [0.25, 0.3) is 0 Å². The second-order valence-corrected chi connectivity index (χ2v) is 4.19. The molecule has 5 heteroatoms. The van der Waals surface area contributed by atoms with Crippen LogP contribution in [0.2, 0.25) is 0 Å². The fourth-order valence-corrected chi connectivity index (χ4v) is 1.98. The fourth-order valence-electron chi connectivity index (χ4n) is 1.10.